The van der Waals surface area contributed by atoms with E-state index < -0.39 is 0 Å². The number of carbonyl (C=O) groups excluding carboxylic acids is 1. The van der Waals surface area contributed by atoms with Gasteiger partial charge in [0.15, 0.2) is 0 Å². The first kappa shape index (κ1) is 15.4. The van der Waals surface area contributed by atoms with Crippen LogP contribution < -0.4 is 11.1 Å². The van der Waals surface area contributed by atoms with Crippen molar-refractivity contribution >= 4 is 5.91 Å². The lowest BCUT2D eigenvalue weighted by molar-refractivity contribution is -0.136. The molecule has 1 amide bonds. The summed E-state index contributed by atoms with van der Waals surface area (Å²) in [6, 6.07) is 0. The van der Waals surface area contributed by atoms with Gasteiger partial charge in [-0.1, -0.05) is 33.1 Å². The number of amides is 1. The molecule has 0 aliphatic heterocycles. The van der Waals surface area contributed by atoms with E-state index in [0.29, 0.717) is 12.5 Å². The van der Waals surface area contributed by atoms with Gasteiger partial charge in [0.2, 0.25) is 5.91 Å². The van der Waals surface area contributed by atoms with Crippen LogP contribution in [0.1, 0.15) is 52.4 Å². The van der Waals surface area contributed by atoms with E-state index >= 15 is 0 Å². The van der Waals surface area contributed by atoms with Crippen molar-refractivity contribution in [3.05, 3.63) is 0 Å². The molecule has 0 aromatic carbocycles. The molecule has 0 spiro atoms. The van der Waals surface area contributed by atoms with E-state index in [2.05, 4.69) is 19.2 Å². The Kier molecular flexibility index (Phi) is 6.65. The average molecular weight is 256 g/mol. The molecule has 1 aliphatic carbocycles. The third kappa shape index (κ3) is 4.94. The number of unbranched alkanes of at least 4 members (excludes halogenated alkanes) is 1. The summed E-state index contributed by atoms with van der Waals surface area (Å²) < 4.78 is 5.85. The summed E-state index contributed by atoms with van der Waals surface area (Å²) in [6.45, 7) is 5.74. The van der Waals surface area contributed by atoms with E-state index in [4.69, 9.17) is 10.5 Å². The van der Waals surface area contributed by atoms with Gasteiger partial charge in [0.1, 0.15) is 6.61 Å². The smallest absolute Gasteiger partial charge is 0.246 e. The van der Waals surface area contributed by atoms with E-state index in [-0.39, 0.29) is 18.1 Å². The molecule has 0 heterocycles. The minimum Gasteiger partial charge on any atom is -0.364 e. The van der Waals surface area contributed by atoms with Gasteiger partial charge in [-0.05, 0) is 25.2 Å². The highest BCUT2D eigenvalue weighted by Gasteiger charge is 2.35. The number of carbonyl (C=O) groups is 1. The second-order valence-electron chi connectivity index (χ2n) is 5.58. The SMILES string of the molecule is CCCCNC(=O)COC1(CN)CCCC(C)C1. The van der Waals surface area contributed by atoms with Crippen LogP contribution in [-0.2, 0) is 9.53 Å². The van der Waals surface area contributed by atoms with E-state index in [9.17, 15) is 4.79 Å². The zero-order chi connectivity index (χ0) is 13.4. The van der Waals surface area contributed by atoms with Crippen LogP contribution in [0.25, 0.3) is 0 Å². The Balaban J connectivity index is 2.32. The monoisotopic (exact) mass is 256 g/mol. The van der Waals surface area contributed by atoms with Crippen molar-refractivity contribution in [2.75, 3.05) is 19.7 Å². The maximum Gasteiger partial charge on any atom is 0.246 e. The standard InChI is InChI=1S/C14H28N2O2/c1-3-4-8-16-13(17)10-18-14(11-15)7-5-6-12(2)9-14/h12H,3-11,15H2,1-2H3,(H,16,17). The Morgan fingerprint density at radius 3 is 2.94 bits per heavy atom. The third-order valence-corrected chi connectivity index (χ3v) is 3.78. The van der Waals surface area contributed by atoms with Crippen LogP contribution in [-0.4, -0.2) is 31.2 Å². The van der Waals surface area contributed by atoms with Gasteiger partial charge in [-0.2, -0.15) is 0 Å². The van der Waals surface area contributed by atoms with E-state index in [1.807, 2.05) is 0 Å². The van der Waals surface area contributed by atoms with Crippen LogP contribution in [0, 0.1) is 5.92 Å². The van der Waals surface area contributed by atoms with Gasteiger partial charge < -0.3 is 15.8 Å². The number of hydrogen-bond acceptors (Lipinski definition) is 3. The largest absolute Gasteiger partial charge is 0.364 e. The predicted molar refractivity (Wildman–Crippen MR) is 73.3 cm³/mol. The van der Waals surface area contributed by atoms with Crippen molar-refractivity contribution in [3.8, 4) is 0 Å². The molecule has 1 aliphatic rings. The highest BCUT2D eigenvalue weighted by atomic mass is 16.5. The fraction of sp³-hybridized carbons (Fsp3) is 0.929. The van der Waals surface area contributed by atoms with Gasteiger partial charge in [0.25, 0.3) is 0 Å². The summed E-state index contributed by atoms with van der Waals surface area (Å²) in [4.78, 5) is 11.6. The highest BCUT2D eigenvalue weighted by Crippen LogP contribution is 2.34. The molecule has 2 atom stereocenters. The molecule has 1 saturated carbocycles. The Hall–Kier alpha value is -0.610. The summed E-state index contributed by atoms with van der Waals surface area (Å²) in [5.74, 6) is 0.625. The number of nitrogens with one attached hydrogen (secondary N) is 1. The normalized spacial score (nSPS) is 28.1. The quantitative estimate of drug-likeness (QED) is 0.683. The van der Waals surface area contributed by atoms with Crippen molar-refractivity contribution < 1.29 is 9.53 Å². The Labute approximate surface area is 111 Å². The first-order chi connectivity index (χ1) is 8.62. The molecule has 4 nitrogen and oxygen atoms in total. The van der Waals surface area contributed by atoms with Crippen LogP contribution in [0.5, 0.6) is 0 Å². The van der Waals surface area contributed by atoms with Crippen LogP contribution in [0.15, 0.2) is 0 Å². The van der Waals surface area contributed by atoms with Crippen LogP contribution in [0.3, 0.4) is 0 Å². The second kappa shape index (κ2) is 7.74. The van der Waals surface area contributed by atoms with Gasteiger partial charge >= 0.3 is 0 Å². The fourth-order valence-corrected chi connectivity index (χ4v) is 2.66. The lowest BCUT2D eigenvalue weighted by Crippen LogP contribution is -2.46. The maximum absolute atomic E-state index is 11.6. The molecule has 3 N–H and O–H groups in total. The summed E-state index contributed by atoms with van der Waals surface area (Å²) in [5, 5.41) is 2.87. The molecule has 1 rings (SSSR count). The summed E-state index contributed by atoms with van der Waals surface area (Å²) in [6.07, 6.45) is 6.46. The van der Waals surface area contributed by atoms with Crippen molar-refractivity contribution in [3.63, 3.8) is 0 Å². The molecular weight excluding hydrogens is 228 g/mol. The Bertz CT molecular complexity index is 258. The van der Waals surface area contributed by atoms with E-state index in [0.717, 1.165) is 38.6 Å². The third-order valence-electron chi connectivity index (χ3n) is 3.78. The molecule has 4 heteroatoms. The Morgan fingerprint density at radius 2 is 2.33 bits per heavy atom. The first-order valence-corrected chi connectivity index (χ1v) is 7.22. The molecule has 0 aromatic rings. The lowest BCUT2D eigenvalue weighted by atomic mass is 9.79. The van der Waals surface area contributed by atoms with Gasteiger partial charge in [-0.15, -0.1) is 0 Å². The number of nitrogens with two attached hydrogens (primary N) is 1. The molecule has 2 unspecified atom stereocenters. The van der Waals surface area contributed by atoms with Gasteiger partial charge in [-0.25, -0.2) is 0 Å². The zero-order valence-corrected chi connectivity index (χ0v) is 11.8. The molecule has 0 saturated heterocycles. The molecule has 1 fully saturated rings. The van der Waals surface area contributed by atoms with E-state index in [1.165, 1.54) is 6.42 Å². The molecule has 106 valence electrons. The molecule has 0 radical (unpaired) electrons. The molecular formula is C14H28N2O2. The number of rotatable bonds is 7. The van der Waals surface area contributed by atoms with Gasteiger partial charge in [0, 0.05) is 13.1 Å². The van der Waals surface area contributed by atoms with Crippen LogP contribution in [0.4, 0.5) is 0 Å². The van der Waals surface area contributed by atoms with Gasteiger partial charge in [-0.3, -0.25) is 4.79 Å². The summed E-state index contributed by atoms with van der Waals surface area (Å²) >= 11 is 0. The molecule has 0 bridgehead atoms. The zero-order valence-electron chi connectivity index (χ0n) is 11.8. The first-order valence-electron chi connectivity index (χ1n) is 7.22. The van der Waals surface area contributed by atoms with Crippen LogP contribution in [0.2, 0.25) is 0 Å². The van der Waals surface area contributed by atoms with Crippen molar-refractivity contribution in [2.24, 2.45) is 11.7 Å². The molecule has 18 heavy (non-hydrogen) atoms. The number of hydrogen-bond donors (Lipinski definition) is 2. The minimum absolute atomic E-state index is 0.0190. The Morgan fingerprint density at radius 1 is 1.56 bits per heavy atom. The minimum atomic E-state index is -0.264. The molecule has 0 aromatic heterocycles. The van der Waals surface area contributed by atoms with E-state index in [1.54, 1.807) is 0 Å². The second-order valence-corrected chi connectivity index (χ2v) is 5.58. The fourth-order valence-electron chi connectivity index (χ4n) is 2.66. The van der Waals surface area contributed by atoms with Crippen molar-refractivity contribution in [2.45, 2.75) is 58.0 Å². The average Bonchev–Trinajstić information content (AvgIpc) is 2.37. The summed E-state index contributed by atoms with van der Waals surface area (Å²) in [5.41, 5.74) is 5.59. The van der Waals surface area contributed by atoms with Crippen molar-refractivity contribution in [1.82, 2.24) is 5.32 Å². The summed E-state index contributed by atoms with van der Waals surface area (Å²) in [7, 11) is 0. The number of ether oxygens (including phenoxy) is 1. The van der Waals surface area contributed by atoms with Gasteiger partial charge in [0.05, 0.1) is 5.60 Å². The maximum atomic E-state index is 11.6. The van der Waals surface area contributed by atoms with Crippen molar-refractivity contribution in [1.29, 1.82) is 0 Å². The topological polar surface area (TPSA) is 64.3 Å². The highest BCUT2D eigenvalue weighted by molar-refractivity contribution is 5.77. The lowest BCUT2D eigenvalue weighted by Gasteiger charge is -2.38. The predicted octanol–water partition coefficient (Wildman–Crippen LogP) is 1.83. The van der Waals surface area contributed by atoms with Crippen LogP contribution >= 0.6 is 0 Å².